The van der Waals surface area contributed by atoms with Crippen LogP contribution in [0.5, 0.6) is 0 Å². The molecule has 0 saturated heterocycles. The van der Waals surface area contributed by atoms with E-state index in [1.165, 1.54) is 0 Å². The summed E-state index contributed by atoms with van der Waals surface area (Å²) in [6, 6.07) is 8.05. The highest BCUT2D eigenvalue weighted by Gasteiger charge is 2.17. The zero-order chi connectivity index (χ0) is 15.4. The van der Waals surface area contributed by atoms with Crippen LogP contribution in [0.25, 0.3) is 10.9 Å². The summed E-state index contributed by atoms with van der Waals surface area (Å²) in [5, 5.41) is 8.92. The monoisotopic (exact) mass is 284 g/mol. The fourth-order valence-corrected chi connectivity index (χ4v) is 2.55. The summed E-state index contributed by atoms with van der Waals surface area (Å²) in [4.78, 5) is 6.75. The minimum atomic E-state index is 0.0749. The van der Waals surface area contributed by atoms with Gasteiger partial charge in [-0.05, 0) is 18.9 Å². The number of pyridine rings is 1. The number of anilines is 1. The lowest BCUT2D eigenvalue weighted by Gasteiger charge is -2.29. The number of benzene rings is 1. The van der Waals surface area contributed by atoms with Gasteiger partial charge in [0.1, 0.15) is 5.84 Å². The van der Waals surface area contributed by atoms with Gasteiger partial charge < -0.3 is 10.6 Å². The van der Waals surface area contributed by atoms with Crippen molar-refractivity contribution in [3.05, 3.63) is 36.0 Å². The molecule has 3 N–H and O–H groups in total. The topological polar surface area (TPSA) is 66.0 Å². The number of nitrogens with zero attached hydrogens (tertiary/aromatic N) is 2. The van der Waals surface area contributed by atoms with Crippen molar-refractivity contribution in [3.63, 3.8) is 0 Å². The maximum atomic E-state index is 7.86. The number of nitrogens with two attached hydrogens (primary N) is 1. The summed E-state index contributed by atoms with van der Waals surface area (Å²) in [6.45, 7) is 8.44. The zero-order valence-electron chi connectivity index (χ0n) is 13.1. The van der Waals surface area contributed by atoms with Crippen LogP contribution < -0.4 is 10.6 Å². The van der Waals surface area contributed by atoms with Crippen LogP contribution in [-0.2, 0) is 0 Å². The summed E-state index contributed by atoms with van der Waals surface area (Å²) in [5.41, 5.74) is 8.48. The lowest BCUT2D eigenvalue weighted by atomic mass is 10.0. The van der Waals surface area contributed by atoms with E-state index in [-0.39, 0.29) is 5.84 Å². The van der Waals surface area contributed by atoms with Crippen molar-refractivity contribution < 1.29 is 0 Å². The van der Waals surface area contributed by atoms with Gasteiger partial charge in [0, 0.05) is 24.7 Å². The van der Waals surface area contributed by atoms with E-state index < -0.39 is 0 Å². The molecule has 0 aliphatic rings. The van der Waals surface area contributed by atoms with Crippen molar-refractivity contribution in [1.82, 2.24) is 4.98 Å². The van der Waals surface area contributed by atoms with E-state index in [4.69, 9.17) is 11.1 Å². The fraction of sp³-hybridized carbons (Fsp3) is 0.412. The molecule has 112 valence electrons. The first-order chi connectivity index (χ1) is 10.1. The summed E-state index contributed by atoms with van der Waals surface area (Å²) < 4.78 is 0. The Hall–Kier alpha value is -2.10. The average molecular weight is 284 g/mol. The first-order valence-electron chi connectivity index (χ1n) is 7.55. The van der Waals surface area contributed by atoms with E-state index in [2.05, 4.69) is 36.7 Å². The molecule has 1 atom stereocenters. The molecule has 2 aromatic rings. The smallest absolute Gasteiger partial charge is 0.126 e. The molecule has 1 heterocycles. The Morgan fingerprint density at radius 1 is 1.33 bits per heavy atom. The summed E-state index contributed by atoms with van der Waals surface area (Å²) in [7, 11) is 0. The lowest BCUT2D eigenvalue weighted by molar-refractivity contribution is 0.548. The Balaban J connectivity index is 2.61. The molecule has 0 spiro atoms. The molecule has 0 saturated carbocycles. The van der Waals surface area contributed by atoms with Crippen LogP contribution in [0.15, 0.2) is 30.5 Å². The number of nitrogens with one attached hydrogen (secondary N) is 1. The SMILES string of the molecule is CCC(C)CN(CC)c1c(C(=N)N)cnc2ccccc12. The summed E-state index contributed by atoms with van der Waals surface area (Å²) >= 11 is 0. The maximum absolute atomic E-state index is 7.86. The number of hydrogen-bond acceptors (Lipinski definition) is 3. The van der Waals surface area contributed by atoms with Gasteiger partial charge in [0.25, 0.3) is 0 Å². The molecule has 0 radical (unpaired) electrons. The molecule has 0 amide bonds. The highest BCUT2D eigenvalue weighted by molar-refractivity contribution is 6.07. The molecule has 1 aromatic heterocycles. The molecular weight excluding hydrogens is 260 g/mol. The van der Waals surface area contributed by atoms with Gasteiger partial charge in [0.2, 0.25) is 0 Å². The third-order valence-electron chi connectivity index (χ3n) is 3.96. The minimum absolute atomic E-state index is 0.0749. The summed E-state index contributed by atoms with van der Waals surface area (Å²) in [6.07, 6.45) is 2.86. The molecule has 4 heteroatoms. The summed E-state index contributed by atoms with van der Waals surface area (Å²) in [5.74, 6) is 0.669. The molecule has 1 aromatic carbocycles. The predicted octanol–water partition coefficient (Wildman–Crippen LogP) is 3.39. The Labute approximate surface area is 126 Å². The number of hydrogen-bond donors (Lipinski definition) is 2. The number of aromatic nitrogens is 1. The Morgan fingerprint density at radius 2 is 2.05 bits per heavy atom. The molecule has 0 aliphatic heterocycles. The van der Waals surface area contributed by atoms with Crippen molar-refractivity contribution in [2.45, 2.75) is 27.2 Å². The van der Waals surface area contributed by atoms with Crippen LogP contribution in [0.4, 0.5) is 5.69 Å². The third-order valence-corrected chi connectivity index (χ3v) is 3.96. The lowest BCUT2D eigenvalue weighted by Crippen LogP contribution is -2.30. The standard InChI is InChI=1S/C17H24N4/c1-4-12(3)11-21(5-2)16-13-8-6-7-9-15(13)20-10-14(16)17(18)19/h6-10,12H,4-5,11H2,1-3H3,(H3,18,19). The van der Waals surface area contributed by atoms with Crippen LogP contribution >= 0.6 is 0 Å². The first kappa shape index (κ1) is 15.3. The molecule has 4 nitrogen and oxygen atoms in total. The van der Waals surface area contributed by atoms with Gasteiger partial charge in [-0.1, -0.05) is 38.5 Å². The van der Waals surface area contributed by atoms with Gasteiger partial charge >= 0.3 is 0 Å². The predicted molar refractivity (Wildman–Crippen MR) is 90.1 cm³/mol. The third kappa shape index (κ3) is 3.15. The number of para-hydroxylation sites is 1. The van der Waals surface area contributed by atoms with Crippen molar-refractivity contribution in [2.75, 3.05) is 18.0 Å². The molecule has 1 unspecified atom stereocenters. The van der Waals surface area contributed by atoms with Gasteiger partial charge in [0.05, 0.1) is 16.8 Å². The van der Waals surface area contributed by atoms with Gasteiger partial charge in [-0.2, -0.15) is 0 Å². The molecule has 2 rings (SSSR count). The Bertz CT molecular complexity index is 636. The van der Waals surface area contributed by atoms with E-state index in [9.17, 15) is 0 Å². The van der Waals surface area contributed by atoms with Gasteiger partial charge in [-0.3, -0.25) is 10.4 Å². The largest absolute Gasteiger partial charge is 0.384 e. The van der Waals surface area contributed by atoms with E-state index in [1.807, 2.05) is 18.2 Å². The molecule has 21 heavy (non-hydrogen) atoms. The van der Waals surface area contributed by atoms with Crippen LogP contribution in [0, 0.1) is 11.3 Å². The molecule has 0 bridgehead atoms. The number of rotatable bonds is 6. The normalized spacial score (nSPS) is 12.3. The van der Waals surface area contributed by atoms with E-state index >= 15 is 0 Å². The van der Waals surface area contributed by atoms with Gasteiger partial charge in [-0.25, -0.2) is 0 Å². The number of nitrogen functional groups attached to an aromatic ring is 1. The van der Waals surface area contributed by atoms with Crippen molar-refractivity contribution >= 4 is 22.4 Å². The van der Waals surface area contributed by atoms with E-state index in [0.717, 1.165) is 41.7 Å². The first-order valence-corrected chi connectivity index (χ1v) is 7.55. The zero-order valence-corrected chi connectivity index (χ0v) is 13.1. The Morgan fingerprint density at radius 3 is 2.67 bits per heavy atom. The second kappa shape index (κ2) is 6.57. The highest BCUT2D eigenvalue weighted by atomic mass is 15.1. The number of fused-ring (bicyclic) bond motifs is 1. The van der Waals surface area contributed by atoms with Crippen LogP contribution in [0.3, 0.4) is 0 Å². The van der Waals surface area contributed by atoms with Crippen LogP contribution in [0.2, 0.25) is 0 Å². The minimum Gasteiger partial charge on any atom is -0.384 e. The second-order valence-electron chi connectivity index (χ2n) is 5.50. The van der Waals surface area contributed by atoms with Gasteiger partial charge in [0.15, 0.2) is 0 Å². The van der Waals surface area contributed by atoms with E-state index in [1.54, 1.807) is 6.20 Å². The Kier molecular flexibility index (Phi) is 4.78. The highest BCUT2D eigenvalue weighted by Crippen LogP contribution is 2.30. The maximum Gasteiger partial charge on any atom is 0.126 e. The molecular formula is C17H24N4. The van der Waals surface area contributed by atoms with Crippen LogP contribution in [0.1, 0.15) is 32.8 Å². The molecule has 0 fully saturated rings. The van der Waals surface area contributed by atoms with Crippen LogP contribution in [-0.4, -0.2) is 23.9 Å². The number of amidine groups is 1. The fourth-order valence-electron chi connectivity index (χ4n) is 2.55. The second-order valence-corrected chi connectivity index (χ2v) is 5.50. The van der Waals surface area contributed by atoms with Crippen molar-refractivity contribution in [1.29, 1.82) is 5.41 Å². The van der Waals surface area contributed by atoms with E-state index in [0.29, 0.717) is 5.92 Å². The van der Waals surface area contributed by atoms with Crippen molar-refractivity contribution in [2.24, 2.45) is 11.7 Å². The van der Waals surface area contributed by atoms with Gasteiger partial charge in [-0.15, -0.1) is 0 Å². The quantitative estimate of drug-likeness (QED) is 0.631. The van der Waals surface area contributed by atoms with Crippen molar-refractivity contribution in [3.8, 4) is 0 Å². The average Bonchev–Trinajstić information content (AvgIpc) is 2.51. The molecule has 0 aliphatic carbocycles.